The maximum atomic E-state index is 11.7. The van der Waals surface area contributed by atoms with Gasteiger partial charge in [-0.05, 0) is 31.5 Å². The zero-order valence-electron chi connectivity index (χ0n) is 9.16. The largest absolute Gasteiger partial charge is 0.360 e. The molecule has 2 amide bonds. The number of thiocarbonyl (C=S) groups is 1. The van der Waals surface area contributed by atoms with Gasteiger partial charge in [-0.2, -0.15) is 0 Å². The Morgan fingerprint density at radius 2 is 2.00 bits per heavy atom. The number of hydrogen-bond acceptors (Lipinski definition) is 3. The number of imide groups is 1. The first-order valence-corrected chi connectivity index (χ1v) is 5.86. The predicted molar refractivity (Wildman–Crippen MR) is 62.7 cm³/mol. The molecule has 1 aliphatic heterocycles. The lowest BCUT2D eigenvalue weighted by Gasteiger charge is -2.29. The number of rotatable bonds is 2. The van der Waals surface area contributed by atoms with Crippen LogP contribution in [-0.4, -0.2) is 41.0 Å². The van der Waals surface area contributed by atoms with Crippen LogP contribution in [0.2, 0.25) is 0 Å². The van der Waals surface area contributed by atoms with Crippen LogP contribution in [-0.2, 0) is 9.59 Å². The van der Waals surface area contributed by atoms with E-state index in [1.54, 1.807) is 0 Å². The molecule has 2 rings (SSSR count). The van der Waals surface area contributed by atoms with Gasteiger partial charge in [-0.1, -0.05) is 0 Å². The summed E-state index contributed by atoms with van der Waals surface area (Å²) in [5, 5.41) is 6.60. The highest BCUT2D eigenvalue weighted by atomic mass is 32.1. The Bertz CT molecular complexity index is 341. The number of nitrogens with one attached hydrogen (secondary N) is 2. The highest BCUT2D eigenvalue weighted by Crippen LogP contribution is 2.18. The van der Waals surface area contributed by atoms with E-state index in [2.05, 4.69) is 10.6 Å². The molecular formula is C10H15N3O2S. The molecule has 1 heterocycles. The molecule has 2 fully saturated rings. The maximum Gasteiger partial charge on any atom is 0.251 e. The number of likely N-dealkylation sites (N-methyl/N-ethyl adjacent to an activating group) is 1. The van der Waals surface area contributed by atoms with Crippen molar-refractivity contribution in [3.05, 3.63) is 0 Å². The number of likely N-dealkylation sites (tertiary alicyclic amines) is 1. The van der Waals surface area contributed by atoms with Crippen LogP contribution in [0.5, 0.6) is 0 Å². The third-order valence-corrected chi connectivity index (χ3v) is 3.10. The van der Waals surface area contributed by atoms with Gasteiger partial charge in [-0.25, -0.2) is 0 Å². The normalized spacial score (nSPS) is 25.6. The molecule has 16 heavy (non-hydrogen) atoms. The topological polar surface area (TPSA) is 61.4 Å². The van der Waals surface area contributed by atoms with Gasteiger partial charge in [-0.3, -0.25) is 14.5 Å². The molecule has 0 aromatic carbocycles. The van der Waals surface area contributed by atoms with Crippen molar-refractivity contribution in [2.45, 2.75) is 37.8 Å². The van der Waals surface area contributed by atoms with E-state index in [1.807, 2.05) is 0 Å². The number of carbonyl (C=O) groups excluding carboxylic acids is 2. The smallest absolute Gasteiger partial charge is 0.251 e. The summed E-state index contributed by atoms with van der Waals surface area (Å²) in [6.07, 6.45) is 3.19. The minimum absolute atomic E-state index is 0.121. The highest BCUT2D eigenvalue weighted by Gasteiger charge is 2.32. The Hall–Kier alpha value is -1.17. The summed E-state index contributed by atoms with van der Waals surface area (Å²) in [5.41, 5.74) is 0. The van der Waals surface area contributed by atoms with Crippen molar-refractivity contribution in [3.8, 4) is 0 Å². The Labute approximate surface area is 99.6 Å². The van der Waals surface area contributed by atoms with Gasteiger partial charge in [0.2, 0.25) is 5.91 Å². The number of piperidine rings is 1. The van der Waals surface area contributed by atoms with Crippen LogP contribution < -0.4 is 10.6 Å². The zero-order valence-corrected chi connectivity index (χ0v) is 9.97. The monoisotopic (exact) mass is 241 g/mol. The summed E-state index contributed by atoms with van der Waals surface area (Å²) in [6.45, 7) is 0. The summed E-state index contributed by atoms with van der Waals surface area (Å²) >= 11 is 5.09. The lowest BCUT2D eigenvalue weighted by Crippen LogP contribution is -2.54. The van der Waals surface area contributed by atoms with Gasteiger partial charge in [0.05, 0.1) is 0 Å². The molecule has 1 atom stereocenters. The molecule has 1 unspecified atom stereocenters. The Kier molecular flexibility index (Phi) is 3.09. The Balaban J connectivity index is 1.86. The quantitative estimate of drug-likeness (QED) is 0.516. The lowest BCUT2D eigenvalue weighted by molar-refractivity contribution is -0.147. The molecule has 2 N–H and O–H groups in total. The van der Waals surface area contributed by atoms with E-state index in [-0.39, 0.29) is 17.9 Å². The summed E-state index contributed by atoms with van der Waals surface area (Å²) in [4.78, 5) is 24.1. The minimum atomic E-state index is -0.360. The Morgan fingerprint density at radius 3 is 2.62 bits per heavy atom. The van der Waals surface area contributed by atoms with Crippen molar-refractivity contribution >= 4 is 29.1 Å². The minimum Gasteiger partial charge on any atom is -0.360 e. The predicted octanol–water partition coefficient (Wildman–Crippen LogP) is -0.240. The summed E-state index contributed by atoms with van der Waals surface area (Å²) in [5.74, 6) is -0.319. The molecule has 0 radical (unpaired) electrons. The van der Waals surface area contributed by atoms with Gasteiger partial charge in [0.25, 0.3) is 5.91 Å². The van der Waals surface area contributed by atoms with Gasteiger partial charge in [0, 0.05) is 19.5 Å². The average Bonchev–Trinajstić information content (AvgIpc) is 3.03. The fraction of sp³-hybridized carbons (Fsp3) is 0.700. The van der Waals surface area contributed by atoms with Crippen LogP contribution in [0, 0.1) is 0 Å². The van der Waals surface area contributed by atoms with Crippen molar-refractivity contribution in [1.82, 2.24) is 15.5 Å². The molecule has 1 saturated heterocycles. The van der Waals surface area contributed by atoms with Gasteiger partial charge < -0.3 is 10.6 Å². The molecule has 1 saturated carbocycles. The van der Waals surface area contributed by atoms with Gasteiger partial charge in [0.1, 0.15) is 6.04 Å². The molecule has 88 valence electrons. The molecule has 5 nitrogen and oxygen atoms in total. The second kappa shape index (κ2) is 4.37. The van der Waals surface area contributed by atoms with Gasteiger partial charge in [-0.15, -0.1) is 0 Å². The molecular weight excluding hydrogens is 226 g/mol. The first-order valence-electron chi connectivity index (χ1n) is 5.45. The molecule has 6 heteroatoms. The molecule has 0 aromatic heterocycles. The summed E-state index contributed by atoms with van der Waals surface area (Å²) in [7, 11) is 1.51. The second-order valence-electron chi connectivity index (χ2n) is 4.27. The Morgan fingerprint density at radius 1 is 1.31 bits per heavy atom. The van der Waals surface area contributed by atoms with E-state index >= 15 is 0 Å². The lowest BCUT2D eigenvalue weighted by atomic mass is 10.1. The van der Waals surface area contributed by atoms with Crippen molar-refractivity contribution in [1.29, 1.82) is 0 Å². The maximum absolute atomic E-state index is 11.7. The zero-order chi connectivity index (χ0) is 11.7. The molecule has 2 aliphatic rings. The second-order valence-corrected chi connectivity index (χ2v) is 4.68. The van der Waals surface area contributed by atoms with Crippen molar-refractivity contribution < 1.29 is 9.59 Å². The van der Waals surface area contributed by atoms with E-state index in [0.717, 1.165) is 12.8 Å². The van der Waals surface area contributed by atoms with Crippen molar-refractivity contribution in [2.24, 2.45) is 0 Å². The van der Waals surface area contributed by atoms with Crippen LogP contribution in [0.3, 0.4) is 0 Å². The first kappa shape index (κ1) is 11.3. The summed E-state index contributed by atoms with van der Waals surface area (Å²) in [6, 6.07) is 0.111. The SMILES string of the molecule is CN1C(=O)CCC(NC(=S)NC2CC2)C1=O. The third-order valence-electron chi connectivity index (χ3n) is 2.87. The number of hydrogen-bond donors (Lipinski definition) is 2. The van der Waals surface area contributed by atoms with Gasteiger partial charge >= 0.3 is 0 Å². The van der Waals surface area contributed by atoms with Crippen molar-refractivity contribution in [3.63, 3.8) is 0 Å². The van der Waals surface area contributed by atoms with Crippen LogP contribution in [0.25, 0.3) is 0 Å². The van der Waals surface area contributed by atoms with Crippen LogP contribution in [0.4, 0.5) is 0 Å². The molecule has 1 aliphatic carbocycles. The third kappa shape index (κ3) is 2.49. The fourth-order valence-electron chi connectivity index (χ4n) is 1.66. The summed E-state index contributed by atoms with van der Waals surface area (Å²) < 4.78 is 0. The molecule has 0 aromatic rings. The van der Waals surface area contributed by atoms with E-state index < -0.39 is 0 Å². The molecule has 0 spiro atoms. The van der Waals surface area contributed by atoms with E-state index in [9.17, 15) is 9.59 Å². The highest BCUT2D eigenvalue weighted by molar-refractivity contribution is 7.80. The standard InChI is InChI=1S/C10H15N3O2S/c1-13-8(14)5-4-7(9(13)15)12-10(16)11-6-2-3-6/h6-7H,2-5H2,1H3,(H2,11,12,16). The fourth-order valence-corrected chi connectivity index (χ4v) is 1.97. The van der Waals surface area contributed by atoms with Crippen LogP contribution >= 0.6 is 12.2 Å². The van der Waals surface area contributed by atoms with Crippen LogP contribution in [0.1, 0.15) is 25.7 Å². The van der Waals surface area contributed by atoms with Gasteiger partial charge in [0.15, 0.2) is 5.11 Å². The van der Waals surface area contributed by atoms with E-state index in [0.29, 0.717) is 24.0 Å². The first-order chi connectivity index (χ1) is 7.58. The van der Waals surface area contributed by atoms with E-state index in [4.69, 9.17) is 12.2 Å². The van der Waals surface area contributed by atoms with E-state index in [1.165, 1.54) is 11.9 Å². The van der Waals surface area contributed by atoms with Crippen molar-refractivity contribution in [2.75, 3.05) is 7.05 Å². The van der Waals surface area contributed by atoms with Crippen LogP contribution in [0.15, 0.2) is 0 Å². The number of carbonyl (C=O) groups is 2. The number of nitrogens with zero attached hydrogens (tertiary/aromatic N) is 1. The average molecular weight is 241 g/mol. The molecule has 0 bridgehead atoms. The number of amides is 2.